The minimum absolute atomic E-state index is 0.0261. The predicted octanol–water partition coefficient (Wildman–Crippen LogP) is 4.06. The Hall–Kier alpha value is -1.81. The second-order valence-electron chi connectivity index (χ2n) is 6.14. The van der Waals surface area contributed by atoms with Crippen molar-refractivity contribution in [1.82, 2.24) is 9.19 Å². The van der Waals surface area contributed by atoms with Gasteiger partial charge in [-0.05, 0) is 0 Å². The third-order valence-corrected chi connectivity index (χ3v) is 6.30. The van der Waals surface area contributed by atoms with E-state index < -0.39 is 0 Å². The topological polar surface area (TPSA) is 44.2 Å². The minimum atomic E-state index is -0.378. The molecular weight excluding hydrogens is 391 g/mol. The number of halogens is 1. The van der Waals surface area contributed by atoms with E-state index in [1.807, 2.05) is 42.5 Å². The predicted molar refractivity (Wildman–Crippen MR) is 93.8 cm³/mol. The molecule has 4 rings (SSSR count). The van der Waals surface area contributed by atoms with Gasteiger partial charge in [0.25, 0.3) is 0 Å². The van der Waals surface area contributed by atoms with Gasteiger partial charge in [-0.2, -0.15) is 0 Å². The molecule has 0 atom stereocenters. The third-order valence-electron chi connectivity index (χ3n) is 3.90. The van der Waals surface area contributed by atoms with Gasteiger partial charge in [0.1, 0.15) is 0 Å². The first-order valence-electron chi connectivity index (χ1n) is 7.56. The molecule has 1 aliphatic heterocycles. The first kappa shape index (κ1) is 15.7. The summed E-state index contributed by atoms with van der Waals surface area (Å²) in [6.45, 7) is 4.57. The molecule has 0 amide bonds. The summed E-state index contributed by atoms with van der Waals surface area (Å²) in [5.41, 5.74) is 2.60. The summed E-state index contributed by atoms with van der Waals surface area (Å²) in [5, 5.41) is 5.03. The van der Waals surface area contributed by atoms with E-state index in [0.717, 1.165) is 28.3 Å². The van der Waals surface area contributed by atoms with E-state index in [-0.39, 0.29) is 20.3 Å². The molecule has 2 aromatic carbocycles. The van der Waals surface area contributed by atoms with Crippen molar-refractivity contribution >= 4 is 26.3 Å². The van der Waals surface area contributed by atoms with Gasteiger partial charge in [0.2, 0.25) is 0 Å². The Morgan fingerprint density at radius 3 is 2.92 bits per heavy atom. The van der Waals surface area contributed by atoms with Crippen molar-refractivity contribution in [1.29, 1.82) is 0 Å². The Morgan fingerprint density at radius 1 is 1.21 bits per heavy atom. The Balaban J connectivity index is 1.61. The molecule has 0 fully saturated rings. The summed E-state index contributed by atoms with van der Waals surface area (Å²) in [6.07, 6.45) is 0. The fourth-order valence-corrected chi connectivity index (χ4v) is 4.44. The summed E-state index contributed by atoms with van der Waals surface area (Å²) in [5.74, 6) is 1.55. The molecule has 0 aliphatic carbocycles. The normalized spacial score (nSPS) is 14.5. The van der Waals surface area contributed by atoms with E-state index in [2.05, 4.69) is 23.0 Å². The first-order chi connectivity index (χ1) is 11.5. The van der Waals surface area contributed by atoms with Gasteiger partial charge in [-0.25, -0.2) is 0 Å². The molecule has 24 heavy (non-hydrogen) atoms. The molecule has 1 aromatic heterocycles. The Bertz CT molecular complexity index is 908. The molecule has 0 saturated heterocycles. The van der Waals surface area contributed by atoms with Gasteiger partial charge >= 0.3 is 151 Å². The van der Waals surface area contributed by atoms with Crippen molar-refractivity contribution in [2.45, 2.75) is 26.1 Å². The SMILES string of the molecule is CC1(C)Oc2cc(OCc3cccc(Cl)c3)ccc2-c2nn[se]c21. The van der Waals surface area contributed by atoms with Gasteiger partial charge < -0.3 is 0 Å². The summed E-state index contributed by atoms with van der Waals surface area (Å²) in [4.78, 5) is 0. The molecule has 0 N–H and O–H groups in total. The van der Waals surface area contributed by atoms with Crippen molar-refractivity contribution < 1.29 is 9.47 Å². The molecule has 6 heteroatoms. The van der Waals surface area contributed by atoms with E-state index in [1.165, 1.54) is 4.44 Å². The zero-order valence-electron chi connectivity index (χ0n) is 13.2. The number of aromatic nitrogens is 2. The van der Waals surface area contributed by atoms with Crippen LogP contribution in [0.25, 0.3) is 11.3 Å². The molecule has 0 unspecified atom stereocenters. The van der Waals surface area contributed by atoms with E-state index in [4.69, 9.17) is 21.1 Å². The zero-order chi connectivity index (χ0) is 16.7. The maximum absolute atomic E-state index is 6.18. The average Bonchev–Trinajstić information content (AvgIpc) is 3.03. The van der Waals surface area contributed by atoms with Crippen LogP contribution in [0.15, 0.2) is 42.5 Å². The number of benzene rings is 2. The van der Waals surface area contributed by atoms with Crippen LogP contribution in [-0.2, 0) is 12.2 Å². The number of nitrogens with zero attached hydrogens (tertiary/aromatic N) is 2. The van der Waals surface area contributed by atoms with Crippen LogP contribution in [0.4, 0.5) is 0 Å². The fraction of sp³-hybridized carbons (Fsp3) is 0.222. The third kappa shape index (κ3) is 2.84. The van der Waals surface area contributed by atoms with Crippen LogP contribution in [-0.4, -0.2) is 23.9 Å². The second kappa shape index (κ2) is 5.92. The number of ether oxygens (including phenoxy) is 2. The Labute approximate surface area is 151 Å². The van der Waals surface area contributed by atoms with E-state index in [1.54, 1.807) is 0 Å². The van der Waals surface area contributed by atoms with Crippen molar-refractivity contribution in [3.63, 3.8) is 0 Å². The molecule has 1 aliphatic rings. The molecule has 0 radical (unpaired) electrons. The second-order valence-corrected chi connectivity index (χ2v) is 8.16. The quantitative estimate of drug-likeness (QED) is 0.616. The number of hydrogen-bond acceptors (Lipinski definition) is 4. The van der Waals surface area contributed by atoms with Crippen LogP contribution >= 0.6 is 11.6 Å². The van der Waals surface area contributed by atoms with Gasteiger partial charge in [0.15, 0.2) is 0 Å². The van der Waals surface area contributed by atoms with Gasteiger partial charge in [-0.15, -0.1) is 0 Å². The van der Waals surface area contributed by atoms with Crippen molar-refractivity contribution in [2.75, 3.05) is 0 Å². The summed E-state index contributed by atoms with van der Waals surface area (Å²) in [6, 6.07) is 13.5. The monoisotopic (exact) mass is 406 g/mol. The molecule has 0 bridgehead atoms. The van der Waals surface area contributed by atoms with Crippen LogP contribution in [0, 0.1) is 0 Å². The Kier molecular flexibility index (Phi) is 3.87. The van der Waals surface area contributed by atoms with E-state index >= 15 is 0 Å². The number of fused-ring (bicyclic) bond motifs is 3. The number of hydrogen-bond donors (Lipinski definition) is 0. The van der Waals surface area contributed by atoms with Gasteiger partial charge in [-0.1, -0.05) is 0 Å². The van der Waals surface area contributed by atoms with Crippen molar-refractivity contribution in [3.05, 3.63) is 57.5 Å². The van der Waals surface area contributed by atoms with E-state index in [0.29, 0.717) is 11.6 Å². The van der Waals surface area contributed by atoms with Crippen LogP contribution in [0.1, 0.15) is 23.8 Å². The van der Waals surface area contributed by atoms with Crippen LogP contribution < -0.4 is 9.47 Å². The van der Waals surface area contributed by atoms with Gasteiger partial charge in [0.05, 0.1) is 0 Å². The van der Waals surface area contributed by atoms with Gasteiger partial charge in [0, 0.05) is 0 Å². The average molecular weight is 406 g/mol. The molecule has 2 heterocycles. The van der Waals surface area contributed by atoms with Crippen molar-refractivity contribution in [3.8, 4) is 22.8 Å². The van der Waals surface area contributed by atoms with Gasteiger partial charge in [-0.3, -0.25) is 0 Å². The maximum atomic E-state index is 6.18. The molecule has 3 aromatic rings. The molecule has 4 nitrogen and oxygen atoms in total. The molecular formula is C18H15ClN2O2Se. The van der Waals surface area contributed by atoms with Crippen LogP contribution in [0.3, 0.4) is 0 Å². The first-order valence-corrected chi connectivity index (χ1v) is 9.56. The van der Waals surface area contributed by atoms with E-state index in [9.17, 15) is 0 Å². The van der Waals surface area contributed by atoms with Crippen LogP contribution in [0.2, 0.25) is 5.02 Å². The van der Waals surface area contributed by atoms with Crippen molar-refractivity contribution in [2.24, 2.45) is 0 Å². The summed E-state index contributed by atoms with van der Waals surface area (Å²) < 4.78 is 17.5. The van der Waals surface area contributed by atoms with Crippen LogP contribution in [0.5, 0.6) is 11.5 Å². The zero-order valence-corrected chi connectivity index (χ0v) is 15.7. The summed E-state index contributed by atoms with van der Waals surface area (Å²) >= 11 is 6.03. The number of rotatable bonds is 3. The molecule has 0 spiro atoms. The molecule has 0 saturated carbocycles. The standard InChI is InChI=1S/C18H15ClN2O2Se/c1-18(2)17-16(20-21-24-17)14-7-6-13(9-15(14)23-18)22-10-11-4-3-5-12(19)8-11/h3-9H,10H2,1-2H3. The fourth-order valence-electron chi connectivity index (χ4n) is 2.75. The summed E-state index contributed by atoms with van der Waals surface area (Å²) in [7, 11) is 0. The Morgan fingerprint density at radius 2 is 2.08 bits per heavy atom. The molecule has 122 valence electrons.